The minimum absolute atomic E-state index is 0.139. The highest BCUT2D eigenvalue weighted by molar-refractivity contribution is 7.92. The van der Waals surface area contributed by atoms with Crippen LogP contribution < -0.4 is 4.31 Å². The van der Waals surface area contributed by atoms with Crippen molar-refractivity contribution in [2.75, 3.05) is 10.6 Å². The van der Waals surface area contributed by atoms with Gasteiger partial charge in [-0.15, -0.1) is 21.5 Å². The van der Waals surface area contributed by atoms with E-state index in [1.165, 1.54) is 31.6 Å². The largest absolute Gasteiger partial charge is 0.414 e. The van der Waals surface area contributed by atoms with Crippen molar-refractivity contribution in [1.29, 1.82) is 0 Å². The molecule has 3 aromatic heterocycles. The smallest absolute Gasteiger partial charge is 0.314 e. The van der Waals surface area contributed by atoms with Crippen molar-refractivity contribution in [2.45, 2.75) is 26.1 Å². The molecular formula is C15H14F3N5O3S2. The molecule has 0 N–H and O–H groups in total. The van der Waals surface area contributed by atoms with Crippen LogP contribution in [0.2, 0.25) is 0 Å². The molecule has 0 radical (unpaired) electrons. The third-order valence-corrected chi connectivity index (χ3v) is 5.67. The van der Waals surface area contributed by atoms with Gasteiger partial charge in [0.05, 0.1) is 30.9 Å². The lowest BCUT2D eigenvalue weighted by Crippen LogP contribution is -2.29. The van der Waals surface area contributed by atoms with Gasteiger partial charge in [-0.2, -0.15) is 8.78 Å². The maximum atomic E-state index is 13.6. The average Bonchev–Trinajstić information content (AvgIpc) is 3.28. The lowest BCUT2D eigenvalue weighted by Gasteiger charge is -2.21. The first-order valence-corrected chi connectivity index (χ1v) is 10.4. The van der Waals surface area contributed by atoms with Crippen LogP contribution in [0.3, 0.4) is 0 Å². The predicted molar refractivity (Wildman–Crippen MR) is 95.1 cm³/mol. The van der Waals surface area contributed by atoms with Crippen LogP contribution in [0.1, 0.15) is 36.0 Å². The van der Waals surface area contributed by atoms with Gasteiger partial charge in [0, 0.05) is 11.8 Å². The number of anilines is 1. The molecule has 150 valence electrons. The highest BCUT2D eigenvalue weighted by Gasteiger charge is 2.23. The second-order valence-electron chi connectivity index (χ2n) is 5.73. The number of pyridine rings is 1. The maximum absolute atomic E-state index is 13.6. The molecule has 1 atom stereocenters. The number of hydrogen-bond donors (Lipinski definition) is 0. The van der Waals surface area contributed by atoms with Gasteiger partial charge >= 0.3 is 6.43 Å². The van der Waals surface area contributed by atoms with Gasteiger partial charge in [-0.3, -0.25) is 9.29 Å². The Morgan fingerprint density at radius 1 is 1.21 bits per heavy atom. The Bertz CT molecular complexity index is 1070. The van der Waals surface area contributed by atoms with Gasteiger partial charge in [0.1, 0.15) is 16.1 Å². The molecule has 1 unspecified atom stereocenters. The van der Waals surface area contributed by atoms with Crippen LogP contribution in [0.15, 0.2) is 29.1 Å². The molecule has 0 saturated carbocycles. The second kappa shape index (κ2) is 7.83. The summed E-state index contributed by atoms with van der Waals surface area (Å²) < 4.78 is 69.0. The lowest BCUT2D eigenvalue weighted by atomic mass is 10.2. The van der Waals surface area contributed by atoms with E-state index in [4.69, 9.17) is 4.42 Å². The van der Waals surface area contributed by atoms with E-state index in [0.717, 1.165) is 21.9 Å². The van der Waals surface area contributed by atoms with Gasteiger partial charge in [-0.25, -0.2) is 17.8 Å². The molecule has 0 aliphatic carbocycles. The molecule has 13 heteroatoms. The first-order chi connectivity index (χ1) is 13.1. The van der Waals surface area contributed by atoms with E-state index in [0.29, 0.717) is 9.88 Å². The van der Waals surface area contributed by atoms with Gasteiger partial charge in [-0.05, 0) is 13.0 Å². The van der Waals surface area contributed by atoms with E-state index < -0.39 is 28.5 Å². The average molecular weight is 433 g/mol. The van der Waals surface area contributed by atoms with Crippen molar-refractivity contribution in [3.05, 3.63) is 41.1 Å². The summed E-state index contributed by atoms with van der Waals surface area (Å²) in [6.45, 7) is 1.15. The van der Waals surface area contributed by atoms with Crippen molar-refractivity contribution in [3.63, 3.8) is 0 Å². The van der Waals surface area contributed by atoms with Crippen LogP contribution in [-0.2, 0) is 16.6 Å². The molecule has 8 nitrogen and oxygen atoms in total. The van der Waals surface area contributed by atoms with Crippen molar-refractivity contribution < 1.29 is 26.0 Å². The molecule has 0 spiro atoms. The van der Waals surface area contributed by atoms with E-state index in [1.54, 1.807) is 0 Å². The van der Waals surface area contributed by atoms with Crippen LogP contribution in [0.5, 0.6) is 0 Å². The number of alkyl halides is 3. The van der Waals surface area contributed by atoms with Crippen LogP contribution in [0.4, 0.5) is 18.9 Å². The molecule has 0 aliphatic rings. The number of halogens is 3. The summed E-state index contributed by atoms with van der Waals surface area (Å²) in [7, 11) is -3.73. The number of rotatable bonds is 7. The number of aromatic nitrogens is 4. The highest BCUT2D eigenvalue weighted by atomic mass is 32.2. The summed E-state index contributed by atoms with van der Waals surface area (Å²) in [5.74, 6) is -0.953. The summed E-state index contributed by atoms with van der Waals surface area (Å²) in [5.41, 5.74) is 0.412. The van der Waals surface area contributed by atoms with E-state index in [2.05, 4.69) is 20.2 Å². The summed E-state index contributed by atoms with van der Waals surface area (Å²) in [4.78, 5) is 8.28. The maximum Gasteiger partial charge on any atom is 0.314 e. The Balaban J connectivity index is 1.88. The summed E-state index contributed by atoms with van der Waals surface area (Å²) in [5, 5.41) is 7.11. The third-order valence-electron chi connectivity index (χ3n) is 3.56. The zero-order valence-corrected chi connectivity index (χ0v) is 16.2. The van der Waals surface area contributed by atoms with Crippen LogP contribution in [0, 0.1) is 0 Å². The number of hydrogen-bond acceptors (Lipinski definition) is 8. The second-order valence-corrected chi connectivity index (χ2v) is 8.75. The number of nitrogens with zero attached hydrogens (tertiary/aromatic N) is 5. The Labute approximate surface area is 162 Å². The normalized spacial score (nSPS) is 13.1. The van der Waals surface area contributed by atoms with E-state index >= 15 is 0 Å². The SMILES string of the molecule is CC(F)c1cncc(N(Cc2ncc(-c3nnc(C(F)F)o3)s2)S(C)(=O)=O)c1. The standard InChI is InChI=1S/C15H14F3N5O3S2/c1-8(16)9-3-10(5-19-4-9)23(28(2,24)25)7-12-20-6-11(27-12)14-21-22-15(26-14)13(17)18/h3-6,8,13H,7H2,1-2H3. The van der Waals surface area contributed by atoms with Gasteiger partial charge < -0.3 is 4.42 Å². The minimum Gasteiger partial charge on any atom is -0.414 e. The first-order valence-electron chi connectivity index (χ1n) is 7.78. The highest BCUT2D eigenvalue weighted by Crippen LogP contribution is 2.30. The summed E-state index contributed by atoms with van der Waals surface area (Å²) in [6.07, 6.45) is 0.719. The Morgan fingerprint density at radius 2 is 1.96 bits per heavy atom. The fourth-order valence-electron chi connectivity index (χ4n) is 2.23. The number of sulfonamides is 1. The molecule has 0 bridgehead atoms. The van der Waals surface area contributed by atoms with Gasteiger partial charge in [0.25, 0.3) is 11.8 Å². The molecule has 0 fully saturated rings. The molecule has 3 rings (SSSR count). The zero-order valence-electron chi connectivity index (χ0n) is 14.6. The van der Waals surface area contributed by atoms with Gasteiger partial charge in [-0.1, -0.05) is 0 Å². The van der Waals surface area contributed by atoms with Crippen molar-refractivity contribution in [3.8, 4) is 10.8 Å². The fraction of sp³-hybridized carbons (Fsp3) is 0.333. The van der Waals surface area contributed by atoms with Gasteiger partial charge in [0.2, 0.25) is 10.0 Å². The molecule has 3 heterocycles. The molecule has 0 saturated heterocycles. The number of thiazole rings is 1. The van der Waals surface area contributed by atoms with Crippen molar-refractivity contribution in [2.24, 2.45) is 0 Å². The van der Waals surface area contributed by atoms with Crippen molar-refractivity contribution >= 4 is 27.0 Å². The van der Waals surface area contributed by atoms with Crippen LogP contribution in [-0.4, -0.2) is 34.8 Å². The predicted octanol–water partition coefficient (Wildman–Crippen LogP) is 3.52. The summed E-state index contributed by atoms with van der Waals surface area (Å²) >= 11 is 1.01. The first kappa shape index (κ1) is 20.2. The lowest BCUT2D eigenvalue weighted by molar-refractivity contribution is 0.116. The van der Waals surface area contributed by atoms with E-state index in [-0.39, 0.29) is 23.7 Å². The van der Waals surface area contributed by atoms with Crippen molar-refractivity contribution in [1.82, 2.24) is 20.2 Å². The Hall–Kier alpha value is -2.54. The van der Waals surface area contributed by atoms with E-state index in [9.17, 15) is 21.6 Å². The van der Waals surface area contributed by atoms with Crippen LogP contribution in [0.25, 0.3) is 10.8 Å². The monoisotopic (exact) mass is 433 g/mol. The fourth-order valence-corrected chi connectivity index (χ4v) is 3.98. The topological polar surface area (TPSA) is 102 Å². The van der Waals surface area contributed by atoms with E-state index in [1.807, 2.05) is 0 Å². The zero-order chi connectivity index (χ0) is 20.5. The minimum atomic E-state index is -3.73. The molecule has 0 aliphatic heterocycles. The Morgan fingerprint density at radius 3 is 2.57 bits per heavy atom. The summed E-state index contributed by atoms with van der Waals surface area (Å²) in [6, 6.07) is 1.39. The molecule has 0 amide bonds. The van der Waals surface area contributed by atoms with Gasteiger partial charge in [0.15, 0.2) is 0 Å². The Kier molecular flexibility index (Phi) is 5.65. The van der Waals surface area contributed by atoms with Crippen LogP contribution >= 0.6 is 11.3 Å². The quantitative estimate of drug-likeness (QED) is 0.562. The molecule has 3 aromatic rings. The molecule has 0 aromatic carbocycles. The molecule has 28 heavy (non-hydrogen) atoms. The third kappa shape index (κ3) is 4.47. The molecular weight excluding hydrogens is 419 g/mol.